The Morgan fingerprint density at radius 2 is 2.25 bits per heavy atom. The topological polar surface area (TPSA) is 67.0 Å². The van der Waals surface area contributed by atoms with E-state index < -0.39 is 0 Å². The molecule has 0 unspecified atom stereocenters. The number of halogens is 1. The number of hydrogen-bond donors (Lipinski definition) is 2. The van der Waals surface area contributed by atoms with Gasteiger partial charge in [0.25, 0.3) is 0 Å². The van der Waals surface area contributed by atoms with Gasteiger partial charge < -0.3 is 15.0 Å². The maximum atomic E-state index is 13.0. The van der Waals surface area contributed by atoms with Gasteiger partial charge in [-0.3, -0.25) is 4.79 Å². The number of rotatable bonds is 6. The van der Waals surface area contributed by atoms with Gasteiger partial charge in [0, 0.05) is 5.02 Å². The zero-order valence-corrected chi connectivity index (χ0v) is 17.1. The molecule has 5 nitrogen and oxygen atoms in total. The quantitative estimate of drug-likeness (QED) is 0.627. The number of aromatic amines is 1. The Balaban J connectivity index is 1.51. The maximum Gasteiger partial charge on any atom is 0.227 e. The third-order valence-corrected chi connectivity index (χ3v) is 5.84. The number of fused-ring (bicyclic) bond motifs is 2. The zero-order chi connectivity index (χ0) is 19.5. The summed E-state index contributed by atoms with van der Waals surface area (Å²) in [6.07, 6.45) is 3.49. The van der Waals surface area contributed by atoms with Gasteiger partial charge >= 0.3 is 0 Å². The number of nitrogens with one attached hydrogen (secondary N) is 2. The number of amides is 1. The van der Waals surface area contributed by atoms with Gasteiger partial charge in [0.15, 0.2) is 0 Å². The van der Waals surface area contributed by atoms with Crippen LogP contribution in [0.5, 0.6) is 5.75 Å². The number of carbonyl (C=O) groups excluding carboxylic acids is 1. The van der Waals surface area contributed by atoms with E-state index in [1.165, 1.54) is 0 Å². The minimum Gasteiger partial charge on any atom is -0.492 e. The van der Waals surface area contributed by atoms with Crippen molar-refractivity contribution < 1.29 is 9.53 Å². The van der Waals surface area contributed by atoms with Gasteiger partial charge in [-0.25, -0.2) is 4.98 Å². The van der Waals surface area contributed by atoms with Crippen molar-refractivity contribution in [3.8, 4) is 5.75 Å². The minimum atomic E-state index is -0.243. The van der Waals surface area contributed by atoms with Crippen LogP contribution in [0.1, 0.15) is 23.9 Å². The van der Waals surface area contributed by atoms with Gasteiger partial charge in [0.05, 0.1) is 23.0 Å². The average molecular weight is 416 g/mol. The molecule has 0 saturated carbocycles. The summed E-state index contributed by atoms with van der Waals surface area (Å²) in [7, 11) is 0. The molecule has 1 aliphatic heterocycles. The van der Waals surface area contributed by atoms with Crippen LogP contribution in [-0.4, -0.2) is 34.5 Å². The van der Waals surface area contributed by atoms with Crippen molar-refractivity contribution in [1.82, 2.24) is 15.3 Å². The molecule has 0 aliphatic carbocycles. The van der Waals surface area contributed by atoms with Crippen LogP contribution >= 0.6 is 23.4 Å². The molecule has 28 heavy (non-hydrogen) atoms. The molecule has 1 aromatic heterocycles. The average Bonchev–Trinajstić information content (AvgIpc) is 3.14. The van der Waals surface area contributed by atoms with Crippen LogP contribution in [-0.2, 0) is 11.2 Å². The largest absolute Gasteiger partial charge is 0.492 e. The Morgan fingerprint density at radius 3 is 3.07 bits per heavy atom. The number of thioether (sulfide) groups is 1. The number of para-hydroxylation sites is 2. The number of hydrogen-bond acceptors (Lipinski definition) is 4. The SMILES string of the molecule is CSCC[C@H](NC(=O)[C@@H]1COc2ccc(Cl)cc2C1)c1nc2ccccc2[nH]1. The van der Waals surface area contributed by atoms with Crippen LogP contribution < -0.4 is 10.1 Å². The van der Waals surface area contributed by atoms with Gasteiger partial charge in [-0.15, -0.1) is 0 Å². The predicted molar refractivity (Wildman–Crippen MR) is 114 cm³/mol. The van der Waals surface area contributed by atoms with E-state index in [9.17, 15) is 4.79 Å². The van der Waals surface area contributed by atoms with E-state index in [0.717, 1.165) is 40.3 Å². The molecule has 0 bridgehead atoms. The number of H-pyrrole nitrogens is 1. The first-order valence-corrected chi connectivity index (χ1v) is 11.1. The van der Waals surface area contributed by atoms with Crippen LogP contribution in [0, 0.1) is 5.92 Å². The molecular formula is C21H22ClN3O2S. The van der Waals surface area contributed by atoms with Gasteiger partial charge in [-0.1, -0.05) is 23.7 Å². The Bertz CT molecular complexity index is 958. The molecule has 3 aromatic rings. The molecule has 2 aromatic carbocycles. The second-order valence-electron chi connectivity index (χ2n) is 6.95. The highest BCUT2D eigenvalue weighted by molar-refractivity contribution is 7.98. The predicted octanol–water partition coefficient (Wildman–Crippen LogP) is 4.38. The number of nitrogens with zero attached hydrogens (tertiary/aromatic N) is 1. The van der Waals surface area contributed by atoms with Crippen molar-refractivity contribution in [2.24, 2.45) is 5.92 Å². The van der Waals surface area contributed by atoms with Gasteiger partial charge in [0.2, 0.25) is 5.91 Å². The maximum absolute atomic E-state index is 13.0. The number of carbonyl (C=O) groups is 1. The third-order valence-electron chi connectivity index (χ3n) is 4.96. The number of ether oxygens (including phenoxy) is 1. The molecule has 0 fully saturated rings. The molecule has 0 saturated heterocycles. The van der Waals surface area contributed by atoms with E-state index in [1.807, 2.05) is 36.4 Å². The minimum absolute atomic E-state index is 0.0165. The molecule has 146 valence electrons. The van der Waals surface area contributed by atoms with E-state index in [-0.39, 0.29) is 17.9 Å². The summed E-state index contributed by atoms with van der Waals surface area (Å²) < 4.78 is 5.78. The first-order chi connectivity index (χ1) is 13.6. The Kier molecular flexibility index (Phi) is 5.78. The fraction of sp³-hybridized carbons (Fsp3) is 0.333. The molecule has 1 aliphatic rings. The van der Waals surface area contributed by atoms with Crippen LogP contribution in [0.25, 0.3) is 11.0 Å². The zero-order valence-electron chi connectivity index (χ0n) is 15.6. The summed E-state index contributed by atoms with van der Waals surface area (Å²) in [6.45, 7) is 0.371. The van der Waals surface area contributed by atoms with E-state index in [4.69, 9.17) is 16.3 Å². The lowest BCUT2D eigenvalue weighted by Crippen LogP contribution is -2.39. The van der Waals surface area contributed by atoms with Crippen molar-refractivity contribution in [3.63, 3.8) is 0 Å². The Hall–Kier alpha value is -2.18. The summed E-state index contributed by atoms with van der Waals surface area (Å²) >= 11 is 7.85. The molecule has 0 radical (unpaired) electrons. The third kappa shape index (κ3) is 4.13. The number of imidazole rings is 1. The Labute approximate surface area is 173 Å². The van der Waals surface area contributed by atoms with Gasteiger partial charge in [-0.05, 0) is 60.7 Å². The smallest absolute Gasteiger partial charge is 0.227 e. The number of aromatic nitrogens is 2. The van der Waals surface area contributed by atoms with Crippen LogP contribution in [0.3, 0.4) is 0 Å². The second kappa shape index (κ2) is 8.45. The van der Waals surface area contributed by atoms with Crippen LogP contribution in [0.4, 0.5) is 0 Å². The van der Waals surface area contributed by atoms with E-state index >= 15 is 0 Å². The monoisotopic (exact) mass is 415 g/mol. The summed E-state index contributed by atoms with van der Waals surface area (Å²) in [6, 6.07) is 13.3. The van der Waals surface area contributed by atoms with Crippen molar-refractivity contribution in [2.75, 3.05) is 18.6 Å². The van der Waals surface area contributed by atoms with Crippen molar-refractivity contribution in [2.45, 2.75) is 18.9 Å². The Morgan fingerprint density at radius 1 is 1.39 bits per heavy atom. The molecule has 1 amide bonds. The van der Waals surface area contributed by atoms with E-state index in [0.29, 0.717) is 18.1 Å². The molecule has 2 heterocycles. The summed E-state index contributed by atoms with van der Waals surface area (Å²) in [5.74, 6) is 2.28. The van der Waals surface area contributed by atoms with Crippen molar-refractivity contribution in [3.05, 3.63) is 58.9 Å². The number of benzene rings is 2. The lowest BCUT2D eigenvalue weighted by molar-refractivity contribution is -0.127. The highest BCUT2D eigenvalue weighted by Gasteiger charge is 2.28. The first kappa shape index (κ1) is 19.2. The standard InChI is InChI=1S/C21H22ClN3O2S/c1-28-9-8-18(20-23-16-4-2-3-5-17(16)24-20)25-21(26)14-10-13-11-15(22)6-7-19(13)27-12-14/h2-7,11,14,18H,8-10,12H2,1H3,(H,23,24)(H,25,26)/t14-,18-/m0/s1. The lowest BCUT2D eigenvalue weighted by atomic mass is 9.95. The normalized spacial score (nSPS) is 17.0. The highest BCUT2D eigenvalue weighted by atomic mass is 35.5. The molecule has 2 N–H and O–H groups in total. The highest BCUT2D eigenvalue weighted by Crippen LogP contribution is 2.30. The van der Waals surface area contributed by atoms with E-state index in [1.54, 1.807) is 17.8 Å². The van der Waals surface area contributed by atoms with E-state index in [2.05, 4.69) is 21.5 Å². The van der Waals surface area contributed by atoms with Gasteiger partial charge in [-0.2, -0.15) is 11.8 Å². The molecule has 7 heteroatoms. The summed E-state index contributed by atoms with van der Waals surface area (Å²) in [5.41, 5.74) is 2.86. The molecule has 0 spiro atoms. The summed E-state index contributed by atoms with van der Waals surface area (Å²) in [4.78, 5) is 21.0. The molecule has 2 atom stereocenters. The molecule has 4 rings (SSSR count). The fourth-order valence-electron chi connectivity index (χ4n) is 3.47. The van der Waals surface area contributed by atoms with Crippen molar-refractivity contribution in [1.29, 1.82) is 0 Å². The van der Waals surface area contributed by atoms with Gasteiger partial charge in [0.1, 0.15) is 18.2 Å². The van der Waals surface area contributed by atoms with Crippen LogP contribution in [0.2, 0.25) is 5.02 Å². The second-order valence-corrected chi connectivity index (χ2v) is 8.37. The lowest BCUT2D eigenvalue weighted by Gasteiger charge is -2.26. The first-order valence-electron chi connectivity index (χ1n) is 9.29. The fourth-order valence-corrected chi connectivity index (χ4v) is 4.14. The van der Waals surface area contributed by atoms with Crippen LogP contribution in [0.15, 0.2) is 42.5 Å². The van der Waals surface area contributed by atoms with Crippen molar-refractivity contribution >= 4 is 40.3 Å². The summed E-state index contributed by atoms with van der Waals surface area (Å²) in [5, 5.41) is 3.84. The molecular weight excluding hydrogens is 394 g/mol.